The molecular formula is C13H18FNO2. The highest BCUT2D eigenvalue weighted by Gasteiger charge is 2.26. The number of benzene rings is 1. The first-order valence-electron chi connectivity index (χ1n) is 5.95. The predicted molar refractivity (Wildman–Crippen MR) is 63.5 cm³/mol. The Hall–Kier alpha value is -1.13. The molecule has 3 nitrogen and oxygen atoms in total. The first-order valence-corrected chi connectivity index (χ1v) is 5.95. The van der Waals surface area contributed by atoms with E-state index in [1.807, 2.05) is 0 Å². The normalized spacial score (nSPS) is 22.2. The van der Waals surface area contributed by atoms with Crippen LogP contribution in [0.2, 0.25) is 0 Å². The third-order valence-corrected chi connectivity index (χ3v) is 3.31. The van der Waals surface area contributed by atoms with Crippen LogP contribution >= 0.6 is 0 Å². The average Bonchev–Trinajstić information content (AvgIpc) is 2.39. The Morgan fingerprint density at radius 2 is 2.35 bits per heavy atom. The van der Waals surface area contributed by atoms with Crippen molar-refractivity contribution in [2.24, 2.45) is 5.92 Å². The molecule has 0 amide bonds. The van der Waals surface area contributed by atoms with E-state index in [2.05, 4.69) is 5.32 Å². The van der Waals surface area contributed by atoms with E-state index in [9.17, 15) is 9.50 Å². The van der Waals surface area contributed by atoms with Gasteiger partial charge in [-0.3, -0.25) is 0 Å². The summed E-state index contributed by atoms with van der Waals surface area (Å²) in [6.45, 7) is 1.71. The number of rotatable bonds is 3. The molecule has 2 atom stereocenters. The molecule has 1 saturated heterocycles. The molecule has 1 aromatic rings. The Labute approximate surface area is 101 Å². The zero-order valence-corrected chi connectivity index (χ0v) is 9.95. The number of ether oxygens (including phenoxy) is 1. The largest absolute Gasteiger partial charge is 0.494 e. The lowest BCUT2D eigenvalue weighted by Crippen LogP contribution is -2.33. The van der Waals surface area contributed by atoms with Crippen molar-refractivity contribution in [2.45, 2.75) is 18.9 Å². The average molecular weight is 239 g/mol. The fraction of sp³-hybridized carbons (Fsp3) is 0.538. The molecule has 0 spiro atoms. The maximum absolute atomic E-state index is 14.0. The second-order valence-electron chi connectivity index (χ2n) is 4.41. The minimum Gasteiger partial charge on any atom is -0.494 e. The topological polar surface area (TPSA) is 41.5 Å². The fourth-order valence-corrected chi connectivity index (χ4v) is 2.32. The monoisotopic (exact) mass is 239 g/mol. The van der Waals surface area contributed by atoms with Crippen LogP contribution in [0.1, 0.15) is 24.5 Å². The highest BCUT2D eigenvalue weighted by molar-refractivity contribution is 5.32. The molecule has 0 aromatic heterocycles. The molecule has 0 radical (unpaired) electrons. The van der Waals surface area contributed by atoms with Crippen molar-refractivity contribution in [3.8, 4) is 5.75 Å². The summed E-state index contributed by atoms with van der Waals surface area (Å²) in [7, 11) is 1.43. The quantitative estimate of drug-likeness (QED) is 0.846. The summed E-state index contributed by atoms with van der Waals surface area (Å²) in [5.41, 5.74) is 0.332. The molecule has 1 aromatic carbocycles. The molecule has 2 rings (SSSR count). The zero-order chi connectivity index (χ0) is 12.3. The molecule has 2 N–H and O–H groups in total. The molecule has 17 heavy (non-hydrogen) atoms. The lowest BCUT2D eigenvalue weighted by molar-refractivity contribution is 0.0883. The number of methoxy groups -OCH3 is 1. The Balaban J connectivity index is 2.20. The van der Waals surface area contributed by atoms with Crippen molar-refractivity contribution in [1.29, 1.82) is 0 Å². The number of aliphatic hydroxyl groups excluding tert-OH is 1. The Morgan fingerprint density at radius 3 is 3.00 bits per heavy atom. The summed E-state index contributed by atoms with van der Waals surface area (Å²) >= 11 is 0. The lowest BCUT2D eigenvalue weighted by atomic mass is 9.89. The molecule has 1 aliphatic rings. The SMILES string of the molecule is COc1cccc(C(O)C2CCCNC2)c1F. The van der Waals surface area contributed by atoms with E-state index in [0.717, 1.165) is 25.9 Å². The summed E-state index contributed by atoms with van der Waals surface area (Å²) in [6, 6.07) is 4.89. The van der Waals surface area contributed by atoms with Crippen molar-refractivity contribution in [3.05, 3.63) is 29.6 Å². The van der Waals surface area contributed by atoms with E-state index in [4.69, 9.17) is 4.74 Å². The van der Waals surface area contributed by atoms with Gasteiger partial charge < -0.3 is 15.2 Å². The third-order valence-electron chi connectivity index (χ3n) is 3.31. The van der Waals surface area contributed by atoms with Gasteiger partial charge >= 0.3 is 0 Å². The fourth-order valence-electron chi connectivity index (χ4n) is 2.32. The Kier molecular flexibility index (Phi) is 3.97. The number of aliphatic hydroxyl groups is 1. The number of hydrogen-bond donors (Lipinski definition) is 2. The summed E-state index contributed by atoms with van der Waals surface area (Å²) in [4.78, 5) is 0. The Bertz CT molecular complexity index is 378. The van der Waals surface area contributed by atoms with Gasteiger partial charge in [-0.2, -0.15) is 0 Å². The first kappa shape index (κ1) is 12.3. The van der Waals surface area contributed by atoms with Crippen LogP contribution in [0.25, 0.3) is 0 Å². The first-order chi connectivity index (χ1) is 8.24. The van der Waals surface area contributed by atoms with Gasteiger partial charge in [0.15, 0.2) is 11.6 Å². The van der Waals surface area contributed by atoms with Crippen LogP contribution in [0.15, 0.2) is 18.2 Å². The van der Waals surface area contributed by atoms with Gasteiger partial charge in [0, 0.05) is 18.0 Å². The lowest BCUT2D eigenvalue weighted by Gasteiger charge is -2.28. The molecule has 2 unspecified atom stereocenters. The van der Waals surface area contributed by atoms with Gasteiger partial charge in [-0.25, -0.2) is 4.39 Å². The number of nitrogens with one attached hydrogen (secondary N) is 1. The summed E-state index contributed by atoms with van der Waals surface area (Å²) < 4.78 is 18.9. The molecule has 0 aliphatic carbocycles. The highest BCUT2D eigenvalue weighted by Crippen LogP contribution is 2.31. The van der Waals surface area contributed by atoms with E-state index in [0.29, 0.717) is 5.56 Å². The predicted octanol–water partition coefficient (Wildman–Crippen LogP) is 1.87. The van der Waals surface area contributed by atoms with E-state index >= 15 is 0 Å². The van der Waals surface area contributed by atoms with Crippen LogP contribution in [-0.4, -0.2) is 25.3 Å². The molecule has 4 heteroatoms. The summed E-state index contributed by atoms with van der Waals surface area (Å²) in [5, 5.41) is 13.4. The summed E-state index contributed by atoms with van der Waals surface area (Å²) in [6.07, 6.45) is 1.18. The van der Waals surface area contributed by atoms with Crippen LogP contribution in [0.5, 0.6) is 5.75 Å². The van der Waals surface area contributed by atoms with E-state index < -0.39 is 11.9 Å². The molecular weight excluding hydrogens is 221 g/mol. The molecule has 1 heterocycles. The van der Waals surface area contributed by atoms with E-state index in [1.165, 1.54) is 7.11 Å². The van der Waals surface area contributed by atoms with Crippen LogP contribution in [0.3, 0.4) is 0 Å². The van der Waals surface area contributed by atoms with Crippen molar-refractivity contribution >= 4 is 0 Å². The number of piperidine rings is 1. The zero-order valence-electron chi connectivity index (χ0n) is 9.95. The molecule has 94 valence electrons. The highest BCUT2D eigenvalue weighted by atomic mass is 19.1. The standard InChI is InChI=1S/C13H18FNO2/c1-17-11-6-2-5-10(12(11)14)13(16)9-4-3-7-15-8-9/h2,5-6,9,13,15-16H,3-4,7-8H2,1H3. The van der Waals surface area contributed by atoms with Gasteiger partial charge in [0.2, 0.25) is 0 Å². The van der Waals surface area contributed by atoms with E-state index in [-0.39, 0.29) is 11.7 Å². The van der Waals surface area contributed by atoms with E-state index in [1.54, 1.807) is 18.2 Å². The minimum atomic E-state index is -0.766. The van der Waals surface area contributed by atoms with Crippen LogP contribution in [0, 0.1) is 11.7 Å². The van der Waals surface area contributed by atoms with Crippen molar-refractivity contribution in [3.63, 3.8) is 0 Å². The van der Waals surface area contributed by atoms with Crippen LogP contribution in [0.4, 0.5) is 4.39 Å². The van der Waals surface area contributed by atoms with Gasteiger partial charge in [-0.15, -0.1) is 0 Å². The molecule has 1 fully saturated rings. The van der Waals surface area contributed by atoms with Crippen molar-refractivity contribution in [2.75, 3.05) is 20.2 Å². The van der Waals surface area contributed by atoms with Gasteiger partial charge in [-0.1, -0.05) is 12.1 Å². The van der Waals surface area contributed by atoms with Crippen LogP contribution < -0.4 is 10.1 Å². The molecule has 1 aliphatic heterocycles. The smallest absolute Gasteiger partial charge is 0.170 e. The second kappa shape index (κ2) is 5.47. The third kappa shape index (κ3) is 2.58. The van der Waals surface area contributed by atoms with Crippen molar-refractivity contribution in [1.82, 2.24) is 5.32 Å². The van der Waals surface area contributed by atoms with Crippen LogP contribution in [-0.2, 0) is 0 Å². The minimum absolute atomic E-state index is 0.0744. The molecule has 0 saturated carbocycles. The van der Waals surface area contributed by atoms with Gasteiger partial charge in [0.05, 0.1) is 13.2 Å². The van der Waals surface area contributed by atoms with Crippen molar-refractivity contribution < 1.29 is 14.2 Å². The summed E-state index contributed by atoms with van der Waals surface area (Å²) in [5.74, 6) is -0.191. The van der Waals surface area contributed by atoms with Gasteiger partial charge in [-0.05, 0) is 25.5 Å². The van der Waals surface area contributed by atoms with Gasteiger partial charge in [0.1, 0.15) is 0 Å². The maximum atomic E-state index is 14.0. The van der Waals surface area contributed by atoms with Gasteiger partial charge in [0.25, 0.3) is 0 Å². The maximum Gasteiger partial charge on any atom is 0.170 e. The Morgan fingerprint density at radius 1 is 1.53 bits per heavy atom. The number of hydrogen-bond acceptors (Lipinski definition) is 3. The molecule has 0 bridgehead atoms. The second-order valence-corrected chi connectivity index (χ2v) is 4.41. The number of halogens is 1.